The van der Waals surface area contributed by atoms with Crippen LogP contribution in [0.4, 0.5) is 0 Å². The maximum Gasteiger partial charge on any atom is 0.335 e. The van der Waals surface area contributed by atoms with Gasteiger partial charge in [0.2, 0.25) is 0 Å². The summed E-state index contributed by atoms with van der Waals surface area (Å²) < 4.78 is 0.0488. The molecule has 4 heteroatoms. The van der Waals surface area contributed by atoms with E-state index in [0.717, 1.165) is 17.7 Å². The quantitative estimate of drug-likeness (QED) is 0.774. The van der Waals surface area contributed by atoms with E-state index in [1.165, 1.54) is 5.56 Å². The van der Waals surface area contributed by atoms with Crippen molar-refractivity contribution in [1.29, 1.82) is 0 Å². The van der Waals surface area contributed by atoms with Crippen LogP contribution in [0.3, 0.4) is 0 Å². The summed E-state index contributed by atoms with van der Waals surface area (Å²) in [5.41, 5.74) is 1.56. The Morgan fingerprint density at radius 1 is 1.50 bits per heavy atom. The Morgan fingerprint density at radius 2 is 2.25 bits per heavy atom. The second kappa shape index (κ2) is 4.68. The molecule has 16 heavy (non-hydrogen) atoms. The van der Waals surface area contributed by atoms with Gasteiger partial charge < -0.3 is 5.11 Å². The topological polar surface area (TPSA) is 37.3 Å². The number of benzene rings is 1. The molecule has 0 fully saturated rings. The van der Waals surface area contributed by atoms with Gasteiger partial charge in [-0.1, -0.05) is 13.0 Å². The van der Waals surface area contributed by atoms with E-state index >= 15 is 0 Å². The van der Waals surface area contributed by atoms with Crippen LogP contribution in [0, 0.1) is 0 Å². The molecule has 2 rings (SSSR count). The van der Waals surface area contributed by atoms with E-state index in [2.05, 4.69) is 6.92 Å². The van der Waals surface area contributed by atoms with Gasteiger partial charge in [0.15, 0.2) is 0 Å². The molecule has 0 aromatic heterocycles. The predicted octanol–water partition coefficient (Wildman–Crippen LogP) is 3.94. The lowest BCUT2D eigenvalue weighted by molar-refractivity contribution is 0.0696. The summed E-state index contributed by atoms with van der Waals surface area (Å²) in [6.07, 6.45) is 2.02. The molecule has 1 aromatic carbocycles. The minimum Gasteiger partial charge on any atom is -0.478 e. The van der Waals surface area contributed by atoms with Crippen molar-refractivity contribution in [2.45, 2.75) is 35.3 Å². The lowest BCUT2D eigenvalue weighted by Crippen LogP contribution is -1.99. The highest BCUT2D eigenvalue weighted by atomic mass is 35.5. The van der Waals surface area contributed by atoms with Crippen LogP contribution < -0.4 is 0 Å². The molecule has 0 saturated heterocycles. The van der Waals surface area contributed by atoms with Gasteiger partial charge in [-0.2, -0.15) is 0 Å². The summed E-state index contributed by atoms with van der Waals surface area (Å²) in [7, 11) is 0. The van der Waals surface area contributed by atoms with Crippen molar-refractivity contribution in [2.24, 2.45) is 0 Å². The van der Waals surface area contributed by atoms with E-state index in [-0.39, 0.29) is 4.71 Å². The number of halogens is 1. The molecule has 2 nitrogen and oxygen atoms in total. The van der Waals surface area contributed by atoms with Gasteiger partial charge in [-0.15, -0.1) is 23.4 Å². The molecule has 0 saturated carbocycles. The van der Waals surface area contributed by atoms with Crippen LogP contribution in [0.2, 0.25) is 0 Å². The summed E-state index contributed by atoms with van der Waals surface area (Å²) in [4.78, 5) is 11.9. The number of carboxylic acids is 1. The summed E-state index contributed by atoms with van der Waals surface area (Å²) in [5.74, 6) is -0.430. The molecule has 2 unspecified atom stereocenters. The van der Waals surface area contributed by atoms with Crippen LogP contribution in [0.15, 0.2) is 23.1 Å². The van der Waals surface area contributed by atoms with Gasteiger partial charge in [0.1, 0.15) is 0 Å². The van der Waals surface area contributed by atoms with E-state index in [1.807, 2.05) is 6.07 Å². The molecule has 1 N–H and O–H groups in total. The van der Waals surface area contributed by atoms with Crippen molar-refractivity contribution < 1.29 is 9.90 Å². The highest BCUT2D eigenvalue weighted by Gasteiger charge is 2.21. The van der Waals surface area contributed by atoms with Crippen molar-refractivity contribution >= 4 is 29.3 Å². The summed E-state index contributed by atoms with van der Waals surface area (Å²) >= 11 is 7.73. The van der Waals surface area contributed by atoms with Crippen LogP contribution in [0.25, 0.3) is 0 Å². The van der Waals surface area contributed by atoms with Gasteiger partial charge in [-0.05, 0) is 36.5 Å². The Balaban J connectivity index is 2.43. The van der Waals surface area contributed by atoms with Crippen LogP contribution >= 0.6 is 23.4 Å². The molecular formula is C12H13ClO2S. The highest BCUT2D eigenvalue weighted by Crippen LogP contribution is 2.41. The largest absolute Gasteiger partial charge is 0.478 e. The SMILES string of the molecule is CC1CCC(Cl)Sc2cc(C(=O)O)ccc21. The molecule has 2 atom stereocenters. The van der Waals surface area contributed by atoms with E-state index in [1.54, 1.807) is 23.9 Å². The molecule has 0 amide bonds. The van der Waals surface area contributed by atoms with Crippen LogP contribution in [0.1, 0.15) is 41.6 Å². The zero-order valence-corrected chi connectivity index (χ0v) is 10.5. The number of fused-ring (bicyclic) bond motifs is 1. The molecular weight excluding hydrogens is 244 g/mol. The lowest BCUT2D eigenvalue weighted by atomic mass is 9.96. The number of alkyl halides is 1. The van der Waals surface area contributed by atoms with Gasteiger partial charge in [-0.25, -0.2) is 4.79 Å². The summed E-state index contributed by atoms with van der Waals surface area (Å²) in [6.45, 7) is 2.16. The molecule has 86 valence electrons. The molecule has 1 aliphatic heterocycles. The zero-order chi connectivity index (χ0) is 11.7. The number of aromatic carboxylic acids is 1. The minimum atomic E-state index is -0.883. The van der Waals surface area contributed by atoms with Gasteiger partial charge in [0.25, 0.3) is 0 Å². The monoisotopic (exact) mass is 256 g/mol. The second-order valence-corrected chi connectivity index (χ2v) is 6.09. The van der Waals surface area contributed by atoms with Crippen molar-refractivity contribution in [2.75, 3.05) is 0 Å². The number of rotatable bonds is 1. The molecule has 1 heterocycles. The predicted molar refractivity (Wildman–Crippen MR) is 66.5 cm³/mol. The number of carbonyl (C=O) groups is 1. The molecule has 0 spiro atoms. The first-order valence-electron chi connectivity index (χ1n) is 5.26. The number of hydrogen-bond donors (Lipinski definition) is 1. The maximum atomic E-state index is 10.9. The third kappa shape index (κ3) is 2.36. The van der Waals surface area contributed by atoms with Crippen molar-refractivity contribution in [1.82, 2.24) is 0 Å². The summed E-state index contributed by atoms with van der Waals surface area (Å²) in [5, 5.41) is 8.95. The fourth-order valence-corrected chi connectivity index (χ4v) is 3.45. The second-order valence-electron chi connectivity index (χ2n) is 4.06. The zero-order valence-electron chi connectivity index (χ0n) is 8.94. The van der Waals surface area contributed by atoms with E-state index in [0.29, 0.717) is 11.5 Å². The van der Waals surface area contributed by atoms with Crippen molar-refractivity contribution in [3.63, 3.8) is 0 Å². The van der Waals surface area contributed by atoms with Gasteiger partial charge in [0.05, 0.1) is 10.3 Å². The molecule has 0 radical (unpaired) electrons. The Hall–Kier alpha value is -0.670. The van der Waals surface area contributed by atoms with Gasteiger partial charge >= 0.3 is 5.97 Å². The Bertz CT molecular complexity index is 419. The van der Waals surface area contributed by atoms with Crippen molar-refractivity contribution in [3.05, 3.63) is 29.3 Å². The number of thioether (sulfide) groups is 1. The Morgan fingerprint density at radius 3 is 2.94 bits per heavy atom. The molecule has 0 bridgehead atoms. The summed E-state index contributed by atoms with van der Waals surface area (Å²) in [6, 6.07) is 5.33. The third-order valence-electron chi connectivity index (χ3n) is 2.87. The van der Waals surface area contributed by atoms with Crippen LogP contribution in [-0.4, -0.2) is 15.8 Å². The standard InChI is InChI=1S/C12H13ClO2S/c1-7-2-5-11(13)16-10-6-8(12(14)15)3-4-9(7)10/h3-4,6-7,11H,2,5H2,1H3,(H,14,15). The molecule has 1 aromatic rings. The van der Waals surface area contributed by atoms with Crippen LogP contribution in [-0.2, 0) is 0 Å². The van der Waals surface area contributed by atoms with E-state index in [9.17, 15) is 4.79 Å². The minimum absolute atomic E-state index is 0.0488. The average Bonchev–Trinajstić information content (AvgIpc) is 2.38. The average molecular weight is 257 g/mol. The molecule has 0 aliphatic carbocycles. The third-order valence-corrected chi connectivity index (χ3v) is 4.46. The van der Waals surface area contributed by atoms with E-state index in [4.69, 9.17) is 16.7 Å². The van der Waals surface area contributed by atoms with Crippen molar-refractivity contribution in [3.8, 4) is 0 Å². The lowest BCUT2D eigenvalue weighted by Gasteiger charge is -2.11. The Kier molecular flexibility index (Phi) is 3.45. The fraction of sp³-hybridized carbons (Fsp3) is 0.417. The van der Waals surface area contributed by atoms with E-state index < -0.39 is 5.97 Å². The maximum absolute atomic E-state index is 10.9. The van der Waals surface area contributed by atoms with Gasteiger partial charge in [-0.3, -0.25) is 0 Å². The molecule has 1 aliphatic rings. The number of hydrogen-bond acceptors (Lipinski definition) is 2. The normalized spacial score (nSPS) is 24.6. The highest BCUT2D eigenvalue weighted by molar-refractivity contribution is 8.01. The number of carboxylic acid groups (broad SMARTS) is 1. The van der Waals surface area contributed by atoms with Crippen LogP contribution in [0.5, 0.6) is 0 Å². The Labute approximate surface area is 104 Å². The smallest absolute Gasteiger partial charge is 0.335 e. The first kappa shape index (κ1) is 11.8. The first-order valence-corrected chi connectivity index (χ1v) is 6.57. The first-order chi connectivity index (χ1) is 7.58. The van der Waals surface area contributed by atoms with Gasteiger partial charge in [0, 0.05) is 4.90 Å². The fourth-order valence-electron chi connectivity index (χ4n) is 1.91.